The Balaban J connectivity index is 1.54. The molecule has 1 aliphatic rings. The number of fused-ring (bicyclic) bond motifs is 3. The Morgan fingerprint density at radius 2 is 1.91 bits per heavy atom. The van der Waals surface area contributed by atoms with E-state index < -0.39 is 6.09 Å². The minimum Gasteiger partial charge on any atom is -0.497 e. The summed E-state index contributed by atoms with van der Waals surface area (Å²) in [4.78, 5) is 25.9. The summed E-state index contributed by atoms with van der Waals surface area (Å²) in [6, 6.07) is 15.3. The molecule has 1 aliphatic heterocycles. The number of benzene rings is 2. The van der Waals surface area contributed by atoms with Crippen LogP contribution in [0.5, 0.6) is 5.75 Å². The zero-order valence-electron chi connectivity index (χ0n) is 18.8. The van der Waals surface area contributed by atoms with Gasteiger partial charge < -0.3 is 19.3 Å². The predicted octanol–water partition coefficient (Wildman–Crippen LogP) is 4.35. The van der Waals surface area contributed by atoms with Crippen LogP contribution < -0.4 is 10.3 Å². The molecular formula is C26H25N3O4. The van der Waals surface area contributed by atoms with E-state index in [0.717, 1.165) is 50.3 Å². The van der Waals surface area contributed by atoms with Crippen molar-refractivity contribution < 1.29 is 14.6 Å². The molecule has 0 bridgehead atoms. The molecule has 0 saturated heterocycles. The van der Waals surface area contributed by atoms with Gasteiger partial charge >= 0.3 is 6.09 Å². The number of amides is 1. The smallest absolute Gasteiger partial charge is 0.407 e. The molecule has 33 heavy (non-hydrogen) atoms. The van der Waals surface area contributed by atoms with E-state index in [4.69, 9.17) is 4.74 Å². The standard InChI is InChI=1S/C26H25N3O4/c1-16-12-19(33-3)5-7-20(16)17-8-11-29(25(30)13-17)18-4-6-21-22-15-28(26(31)32)10-9-23(22)27(2)24(21)14-18/h4-8,11-14H,9-10,15H2,1-3H3,(H,31,32). The summed E-state index contributed by atoms with van der Waals surface area (Å²) in [5.41, 5.74) is 6.75. The van der Waals surface area contributed by atoms with E-state index in [1.165, 1.54) is 4.90 Å². The summed E-state index contributed by atoms with van der Waals surface area (Å²) in [5, 5.41) is 10.4. The third-order valence-corrected chi connectivity index (χ3v) is 6.60. The van der Waals surface area contributed by atoms with Crippen LogP contribution in [0.4, 0.5) is 4.79 Å². The number of nitrogens with zero attached hydrogens (tertiary/aromatic N) is 3. The highest BCUT2D eigenvalue weighted by Gasteiger charge is 2.25. The number of aromatic nitrogens is 2. The molecule has 0 atom stereocenters. The van der Waals surface area contributed by atoms with Gasteiger partial charge in [0, 0.05) is 48.9 Å². The van der Waals surface area contributed by atoms with Gasteiger partial charge in [0.1, 0.15) is 5.75 Å². The lowest BCUT2D eigenvalue weighted by atomic mass is 10.0. The van der Waals surface area contributed by atoms with Crippen LogP contribution in [-0.2, 0) is 20.0 Å². The molecule has 0 spiro atoms. The van der Waals surface area contributed by atoms with E-state index >= 15 is 0 Å². The van der Waals surface area contributed by atoms with E-state index in [1.54, 1.807) is 23.9 Å². The molecule has 7 nitrogen and oxygen atoms in total. The van der Waals surface area contributed by atoms with Crippen LogP contribution in [0.3, 0.4) is 0 Å². The van der Waals surface area contributed by atoms with Crippen LogP contribution in [0, 0.1) is 6.92 Å². The minimum absolute atomic E-state index is 0.113. The molecule has 0 aliphatic carbocycles. The molecule has 3 heterocycles. The monoisotopic (exact) mass is 443 g/mol. The second-order valence-electron chi connectivity index (χ2n) is 8.44. The number of rotatable bonds is 3. The number of hydrogen-bond acceptors (Lipinski definition) is 3. The fourth-order valence-corrected chi connectivity index (χ4v) is 4.82. The Kier molecular flexibility index (Phi) is 4.96. The maximum atomic E-state index is 13.0. The van der Waals surface area contributed by atoms with Crippen molar-refractivity contribution in [3.8, 4) is 22.6 Å². The van der Waals surface area contributed by atoms with E-state index in [-0.39, 0.29) is 5.56 Å². The first-order chi connectivity index (χ1) is 15.9. The average Bonchev–Trinajstić information content (AvgIpc) is 3.09. The van der Waals surface area contributed by atoms with Gasteiger partial charge in [-0.15, -0.1) is 0 Å². The molecule has 0 radical (unpaired) electrons. The summed E-state index contributed by atoms with van der Waals surface area (Å²) in [6.07, 6.45) is 1.59. The van der Waals surface area contributed by atoms with E-state index in [2.05, 4.69) is 4.57 Å². The highest BCUT2D eigenvalue weighted by atomic mass is 16.5. The quantitative estimate of drug-likeness (QED) is 0.511. The number of pyridine rings is 1. The summed E-state index contributed by atoms with van der Waals surface area (Å²) >= 11 is 0. The van der Waals surface area contributed by atoms with Crippen LogP contribution in [0.15, 0.2) is 59.5 Å². The molecule has 168 valence electrons. The highest BCUT2D eigenvalue weighted by molar-refractivity contribution is 5.88. The fraction of sp³-hybridized carbons (Fsp3) is 0.231. The zero-order valence-corrected chi connectivity index (χ0v) is 18.8. The van der Waals surface area contributed by atoms with Gasteiger partial charge in [-0.25, -0.2) is 4.79 Å². The highest BCUT2D eigenvalue weighted by Crippen LogP contribution is 2.32. The molecule has 2 aromatic carbocycles. The largest absolute Gasteiger partial charge is 0.497 e. The molecule has 0 unspecified atom stereocenters. The van der Waals surface area contributed by atoms with E-state index in [0.29, 0.717) is 19.5 Å². The number of carbonyl (C=O) groups is 1. The average molecular weight is 444 g/mol. The summed E-state index contributed by atoms with van der Waals surface area (Å²) in [5.74, 6) is 0.787. The van der Waals surface area contributed by atoms with Crippen molar-refractivity contribution in [2.24, 2.45) is 7.05 Å². The Hall–Kier alpha value is -4.00. The maximum Gasteiger partial charge on any atom is 0.407 e. The maximum absolute atomic E-state index is 13.0. The lowest BCUT2D eigenvalue weighted by Gasteiger charge is -2.25. The second kappa shape index (κ2) is 7.85. The van der Waals surface area contributed by atoms with Crippen LogP contribution in [0.1, 0.15) is 16.8 Å². The number of methoxy groups -OCH3 is 1. The van der Waals surface area contributed by atoms with Gasteiger partial charge in [-0.3, -0.25) is 9.36 Å². The molecule has 0 saturated carbocycles. The summed E-state index contributed by atoms with van der Waals surface area (Å²) < 4.78 is 9.03. The molecule has 5 rings (SSSR count). The SMILES string of the molecule is COc1ccc(-c2ccn(-c3ccc4c5c(n(C)c4c3)CCN(C(=O)O)C5)c(=O)c2)c(C)c1. The zero-order chi connectivity index (χ0) is 23.3. The van der Waals surface area contributed by atoms with Gasteiger partial charge in [-0.05, 0) is 53.9 Å². The van der Waals surface area contributed by atoms with Gasteiger partial charge in [0.05, 0.1) is 24.9 Å². The first-order valence-electron chi connectivity index (χ1n) is 10.8. The van der Waals surface area contributed by atoms with Gasteiger partial charge in [-0.2, -0.15) is 0 Å². The topological polar surface area (TPSA) is 76.7 Å². The number of aryl methyl sites for hydroxylation is 2. The van der Waals surface area contributed by atoms with Crippen LogP contribution in [0.2, 0.25) is 0 Å². The summed E-state index contributed by atoms with van der Waals surface area (Å²) in [7, 11) is 3.64. The molecule has 7 heteroatoms. The first-order valence-corrected chi connectivity index (χ1v) is 10.8. The van der Waals surface area contributed by atoms with Crippen molar-refractivity contribution in [2.75, 3.05) is 13.7 Å². The second-order valence-corrected chi connectivity index (χ2v) is 8.44. The Morgan fingerprint density at radius 3 is 2.61 bits per heavy atom. The number of hydrogen-bond donors (Lipinski definition) is 1. The van der Waals surface area contributed by atoms with Crippen molar-refractivity contribution in [3.63, 3.8) is 0 Å². The third-order valence-electron chi connectivity index (χ3n) is 6.60. The Bertz CT molecular complexity index is 1460. The van der Waals surface area contributed by atoms with Crippen molar-refractivity contribution in [1.82, 2.24) is 14.0 Å². The van der Waals surface area contributed by atoms with Crippen molar-refractivity contribution >= 4 is 17.0 Å². The van der Waals surface area contributed by atoms with Gasteiger partial charge in [0.2, 0.25) is 0 Å². The normalized spacial score (nSPS) is 13.2. The number of carboxylic acid groups (broad SMARTS) is 1. The van der Waals surface area contributed by atoms with E-state index in [9.17, 15) is 14.7 Å². The minimum atomic E-state index is -0.895. The molecule has 2 aromatic heterocycles. The Labute approximate surface area is 191 Å². The third kappa shape index (κ3) is 3.46. The first kappa shape index (κ1) is 20.9. The molecular weight excluding hydrogens is 418 g/mol. The van der Waals surface area contributed by atoms with Crippen LogP contribution in [0.25, 0.3) is 27.7 Å². The summed E-state index contributed by atoms with van der Waals surface area (Å²) in [6.45, 7) is 2.88. The van der Waals surface area contributed by atoms with Crippen LogP contribution >= 0.6 is 0 Å². The van der Waals surface area contributed by atoms with E-state index in [1.807, 2.05) is 56.4 Å². The fourth-order valence-electron chi connectivity index (χ4n) is 4.82. The predicted molar refractivity (Wildman–Crippen MR) is 127 cm³/mol. The molecule has 4 aromatic rings. The molecule has 1 N–H and O–H groups in total. The number of ether oxygens (including phenoxy) is 1. The van der Waals surface area contributed by atoms with Crippen molar-refractivity contribution in [3.05, 3.63) is 81.9 Å². The van der Waals surface area contributed by atoms with Gasteiger partial charge in [0.25, 0.3) is 5.56 Å². The van der Waals surface area contributed by atoms with Gasteiger partial charge in [0.15, 0.2) is 0 Å². The molecule has 0 fully saturated rings. The lowest BCUT2D eigenvalue weighted by Crippen LogP contribution is -2.34. The molecule has 1 amide bonds. The lowest BCUT2D eigenvalue weighted by molar-refractivity contribution is 0.139. The van der Waals surface area contributed by atoms with Crippen molar-refractivity contribution in [1.29, 1.82) is 0 Å². The van der Waals surface area contributed by atoms with Crippen LogP contribution in [-0.4, -0.2) is 38.9 Å². The van der Waals surface area contributed by atoms with Crippen molar-refractivity contribution in [2.45, 2.75) is 19.9 Å². The van der Waals surface area contributed by atoms with Gasteiger partial charge in [-0.1, -0.05) is 12.1 Å². The Morgan fingerprint density at radius 1 is 1.09 bits per heavy atom.